The summed E-state index contributed by atoms with van der Waals surface area (Å²) in [5, 5.41) is 0. The van der Waals surface area contributed by atoms with Gasteiger partial charge in [-0.05, 0) is 23.6 Å². The lowest BCUT2D eigenvalue weighted by Gasteiger charge is -2.37. The molecule has 0 aromatic heterocycles. The first kappa shape index (κ1) is 19.3. The van der Waals surface area contributed by atoms with Crippen molar-refractivity contribution in [3.63, 3.8) is 0 Å². The first-order chi connectivity index (χ1) is 11.6. The minimum absolute atomic E-state index is 0.0257. The van der Waals surface area contributed by atoms with Crippen LogP contribution in [0.4, 0.5) is 0 Å². The number of carbonyl (C=O) groups is 2. The van der Waals surface area contributed by atoms with Crippen molar-refractivity contribution in [2.75, 3.05) is 33.3 Å². The number of amides is 2. The van der Waals surface area contributed by atoms with Crippen LogP contribution in [0.5, 0.6) is 5.75 Å². The fraction of sp³-hybridized carbons (Fsp3) is 0.600. The number of hydrogen-bond donors (Lipinski definition) is 0. The predicted octanol–water partition coefficient (Wildman–Crippen LogP) is 3.15. The fourth-order valence-electron chi connectivity index (χ4n) is 3.01. The van der Waals surface area contributed by atoms with Crippen molar-refractivity contribution >= 4 is 11.8 Å². The highest BCUT2D eigenvalue weighted by Crippen LogP contribution is 2.26. The quantitative estimate of drug-likeness (QED) is 0.845. The highest BCUT2D eigenvalue weighted by molar-refractivity contribution is 5.97. The SMILES string of the molecule is COc1ccc(C(C)C)cc1C(=O)N1CCN(C(=O)C(C)(C)C)CC1. The summed E-state index contributed by atoms with van der Waals surface area (Å²) in [6.07, 6.45) is 0. The van der Waals surface area contributed by atoms with E-state index in [-0.39, 0.29) is 17.2 Å². The highest BCUT2D eigenvalue weighted by atomic mass is 16.5. The summed E-state index contributed by atoms with van der Waals surface area (Å²) in [5.74, 6) is 1.06. The Morgan fingerprint density at radius 3 is 2.08 bits per heavy atom. The largest absolute Gasteiger partial charge is 0.496 e. The Hall–Kier alpha value is -2.04. The minimum Gasteiger partial charge on any atom is -0.496 e. The molecule has 1 fully saturated rings. The van der Waals surface area contributed by atoms with Crippen LogP contribution in [-0.2, 0) is 4.79 Å². The standard InChI is InChI=1S/C20H30N2O3/c1-14(2)15-7-8-17(25-6)16(13-15)18(23)21-9-11-22(12-10-21)19(24)20(3,4)5/h7-8,13-14H,9-12H2,1-6H3. The van der Waals surface area contributed by atoms with Gasteiger partial charge in [-0.2, -0.15) is 0 Å². The zero-order chi connectivity index (χ0) is 18.8. The third-order valence-corrected chi connectivity index (χ3v) is 4.62. The van der Waals surface area contributed by atoms with Gasteiger partial charge in [0.05, 0.1) is 12.7 Å². The van der Waals surface area contributed by atoms with Crippen LogP contribution in [0.25, 0.3) is 0 Å². The van der Waals surface area contributed by atoms with Gasteiger partial charge in [-0.1, -0.05) is 40.7 Å². The summed E-state index contributed by atoms with van der Waals surface area (Å²) >= 11 is 0. The first-order valence-electron chi connectivity index (χ1n) is 8.91. The monoisotopic (exact) mass is 346 g/mol. The molecule has 5 nitrogen and oxygen atoms in total. The molecule has 1 aromatic rings. The summed E-state index contributed by atoms with van der Waals surface area (Å²) in [6, 6.07) is 5.79. The van der Waals surface area contributed by atoms with E-state index in [0.717, 1.165) is 5.56 Å². The second kappa shape index (κ2) is 7.46. The highest BCUT2D eigenvalue weighted by Gasteiger charge is 2.31. The van der Waals surface area contributed by atoms with Crippen LogP contribution in [0, 0.1) is 5.41 Å². The molecule has 0 bridgehead atoms. The molecule has 25 heavy (non-hydrogen) atoms. The molecule has 1 aliphatic heterocycles. The number of carbonyl (C=O) groups excluding carboxylic acids is 2. The van der Waals surface area contributed by atoms with Crippen LogP contribution in [-0.4, -0.2) is 54.9 Å². The van der Waals surface area contributed by atoms with Gasteiger partial charge in [-0.25, -0.2) is 0 Å². The number of nitrogens with zero attached hydrogens (tertiary/aromatic N) is 2. The van der Waals surface area contributed by atoms with E-state index in [1.807, 2.05) is 48.8 Å². The molecule has 0 aliphatic carbocycles. The van der Waals surface area contributed by atoms with Gasteiger partial charge in [0.1, 0.15) is 5.75 Å². The average molecular weight is 346 g/mol. The summed E-state index contributed by atoms with van der Waals surface area (Å²) < 4.78 is 5.38. The van der Waals surface area contributed by atoms with Gasteiger partial charge in [0, 0.05) is 31.6 Å². The van der Waals surface area contributed by atoms with Gasteiger partial charge in [-0.3, -0.25) is 9.59 Å². The molecule has 2 amide bonds. The van der Waals surface area contributed by atoms with Crippen molar-refractivity contribution in [2.45, 2.75) is 40.5 Å². The molecule has 0 N–H and O–H groups in total. The van der Waals surface area contributed by atoms with Crippen LogP contribution in [0.15, 0.2) is 18.2 Å². The van der Waals surface area contributed by atoms with Gasteiger partial charge < -0.3 is 14.5 Å². The van der Waals surface area contributed by atoms with E-state index < -0.39 is 0 Å². The van der Waals surface area contributed by atoms with Gasteiger partial charge in [0.15, 0.2) is 0 Å². The number of ether oxygens (including phenoxy) is 1. The van der Waals surface area contributed by atoms with E-state index in [4.69, 9.17) is 4.74 Å². The number of rotatable bonds is 3. The number of hydrogen-bond acceptors (Lipinski definition) is 3. The number of piperazine rings is 1. The predicted molar refractivity (Wildman–Crippen MR) is 99.0 cm³/mol. The maximum absolute atomic E-state index is 13.0. The van der Waals surface area contributed by atoms with E-state index in [1.165, 1.54) is 0 Å². The lowest BCUT2D eigenvalue weighted by Crippen LogP contribution is -2.53. The summed E-state index contributed by atoms with van der Waals surface area (Å²) in [5.41, 5.74) is 1.33. The van der Waals surface area contributed by atoms with Gasteiger partial charge in [0.25, 0.3) is 5.91 Å². The molecule has 138 valence electrons. The molecule has 0 saturated carbocycles. The minimum atomic E-state index is -0.388. The molecule has 5 heteroatoms. The maximum Gasteiger partial charge on any atom is 0.257 e. The van der Waals surface area contributed by atoms with Crippen molar-refractivity contribution in [3.8, 4) is 5.75 Å². The Labute approximate surface area is 150 Å². The van der Waals surface area contributed by atoms with E-state index in [9.17, 15) is 9.59 Å². The average Bonchev–Trinajstić information content (AvgIpc) is 2.59. The van der Waals surface area contributed by atoms with E-state index in [0.29, 0.717) is 43.4 Å². The van der Waals surface area contributed by atoms with Crippen LogP contribution < -0.4 is 4.74 Å². The summed E-state index contributed by atoms with van der Waals surface area (Å²) in [6.45, 7) is 12.2. The Bertz CT molecular complexity index is 639. The Kier molecular flexibility index (Phi) is 5.76. The van der Waals surface area contributed by atoms with Crippen LogP contribution in [0.2, 0.25) is 0 Å². The van der Waals surface area contributed by atoms with Crippen LogP contribution in [0.3, 0.4) is 0 Å². The third kappa shape index (κ3) is 4.33. The normalized spacial score (nSPS) is 15.5. The summed E-state index contributed by atoms with van der Waals surface area (Å²) in [7, 11) is 1.58. The molecule has 2 rings (SSSR count). The molecular weight excluding hydrogens is 316 g/mol. The zero-order valence-electron chi connectivity index (χ0n) is 16.3. The lowest BCUT2D eigenvalue weighted by molar-refractivity contribution is -0.140. The molecule has 1 saturated heterocycles. The molecule has 0 radical (unpaired) electrons. The second-order valence-corrected chi connectivity index (χ2v) is 7.95. The smallest absolute Gasteiger partial charge is 0.257 e. The Morgan fingerprint density at radius 2 is 1.60 bits per heavy atom. The van der Waals surface area contributed by atoms with Gasteiger partial charge in [0.2, 0.25) is 5.91 Å². The van der Waals surface area contributed by atoms with E-state index in [1.54, 1.807) is 7.11 Å². The summed E-state index contributed by atoms with van der Waals surface area (Å²) in [4.78, 5) is 29.0. The van der Waals surface area contributed by atoms with E-state index >= 15 is 0 Å². The first-order valence-corrected chi connectivity index (χ1v) is 8.91. The van der Waals surface area contributed by atoms with E-state index in [2.05, 4.69) is 13.8 Å². The van der Waals surface area contributed by atoms with Gasteiger partial charge in [-0.15, -0.1) is 0 Å². The molecule has 1 aromatic carbocycles. The van der Waals surface area contributed by atoms with Crippen molar-refractivity contribution in [3.05, 3.63) is 29.3 Å². The van der Waals surface area contributed by atoms with Gasteiger partial charge >= 0.3 is 0 Å². The van der Waals surface area contributed by atoms with Crippen molar-refractivity contribution < 1.29 is 14.3 Å². The second-order valence-electron chi connectivity index (χ2n) is 7.95. The third-order valence-electron chi connectivity index (χ3n) is 4.62. The van der Waals surface area contributed by atoms with Crippen LogP contribution >= 0.6 is 0 Å². The molecule has 1 aliphatic rings. The number of methoxy groups -OCH3 is 1. The fourth-order valence-corrected chi connectivity index (χ4v) is 3.01. The van der Waals surface area contributed by atoms with Crippen molar-refractivity contribution in [2.24, 2.45) is 5.41 Å². The Balaban J connectivity index is 2.13. The maximum atomic E-state index is 13.0. The Morgan fingerprint density at radius 1 is 1.04 bits per heavy atom. The van der Waals surface area contributed by atoms with Crippen LogP contribution in [0.1, 0.15) is 56.5 Å². The molecule has 0 unspecified atom stereocenters. The number of benzene rings is 1. The molecular formula is C20H30N2O3. The zero-order valence-corrected chi connectivity index (χ0v) is 16.3. The molecule has 0 atom stereocenters. The van der Waals surface area contributed by atoms with Crippen molar-refractivity contribution in [1.29, 1.82) is 0 Å². The topological polar surface area (TPSA) is 49.9 Å². The molecule has 0 spiro atoms. The molecule has 1 heterocycles. The lowest BCUT2D eigenvalue weighted by atomic mass is 9.94. The van der Waals surface area contributed by atoms with Crippen molar-refractivity contribution in [1.82, 2.24) is 9.80 Å².